The van der Waals surface area contributed by atoms with Gasteiger partial charge in [-0.3, -0.25) is 0 Å². The van der Waals surface area contributed by atoms with Gasteiger partial charge >= 0.3 is 0 Å². The van der Waals surface area contributed by atoms with E-state index in [4.69, 9.17) is 0 Å². The number of hydrogen-bond acceptors (Lipinski definition) is 0. The van der Waals surface area contributed by atoms with Crippen LogP contribution in [0.3, 0.4) is 0 Å². The van der Waals surface area contributed by atoms with Gasteiger partial charge in [0.2, 0.25) is 0 Å². The van der Waals surface area contributed by atoms with Gasteiger partial charge in [-0.2, -0.15) is 0 Å². The van der Waals surface area contributed by atoms with Crippen molar-refractivity contribution < 1.29 is 0 Å². The molecule has 1 aliphatic carbocycles. The van der Waals surface area contributed by atoms with E-state index >= 15 is 0 Å². The molecular weight excluding hydrogens is 260 g/mol. The number of fused-ring (bicyclic) bond motifs is 1. The maximum absolute atomic E-state index is 3.66. The van der Waals surface area contributed by atoms with Crippen molar-refractivity contribution in [1.82, 2.24) is 0 Å². The van der Waals surface area contributed by atoms with E-state index in [1.165, 1.54) is 26.7 Å². The predicted molar refractivity (Wildman–Crippen MR) is 72.3 cm³/mol. The van der Waals surface area contributed by atoms with Gasteiger partial charge in [-0.25, -0.2) is 0 Å². The molecular formula is C15H11Br. The van der Waals surface area contributed by atoms with E-state index in [-0.39, 0.29) is 0 Å². The molecule has 1 heteroatoms. The van der Waals surface area contributed by atoms with Crippen molar-refractivity contribution in [2.45, 2.75) is 6.42 Å². The molecule has 16 heavy (non-hydrogen) atoms. The highest BCUT2D eigenvalue weighted by Gasteiger charge is 2.11. The van der Waals surface area contributed by atoms with Crippen molar-refractivity contribution in [2.24, 2.45) is 0 Å². The van der Waals surface area contributed by atoms with Crippen LogP contribution in [-0.4, -0.2) is 0 Å². The summed E-state index contributed by atoms with van der Waals surface area (Å²) in [5.41, 5.74) is 5.29. The summed E-state index contributed by atoms with van der Waals surface area (Å²) in [6.45, 7) is 0. The molecule has 0 bridgehead atoms. The molecule has 0 atom stereocenters. The van der Waals surface area contributed by atoms with Crippen LogP contribution in [0.1, 0.15) is 11.1 Å². The van der Waals surface area contributed by atoms with Gasteiger partial charge in [-0.05, 0) is 40.8 Å². The van der Waals surface area contributed by atoms with Crippen molar-refractivity contribution >= 4 is 22.0 Å². The van der Waals surface area contributed by atoms with Crippen molar-refractivity contribution in [3.05, 3.63) is 64.1 Å². The van der Waals surface area contributed by atoms with Crippen molar-refractivity contribution in [3.63, 3.8) is 0 Å². The van der Waals surface area contributed by atoms with Crippen LogP contribution in [0.5, 0.6) is 0 Å². The molecule has 2 aromatic carbocycles. The molecule has 2 aromatic rings. The van der Waals surface area contributed by atoms with Gasteiger partial charge in [0.1, 0.15) is 0 Å². The summed E-state index contributed by atoms with van der Waals surface area (Å²) >= 11 is 3.66. The highest BCUT2D eigenvalue weighted by Crippen LogP contribution is 2.32. The second-order valence-corrected chi connectivity index (χ2v) is 4.85. The lowest BCUT2D eigenvalue weighted by molar-refractivity contribution is 1.29. The largest absolute Gasteiger partial charge is 0.0795 e. The summed E-state index contributed by atoms with van der Waals surface area (Å²) < 4.78 is 1.22. The van der Waals surface area contributed by atoms with Crippen molar-refractivity contribution in [1.29, 1.82) is 0 Å². The fourth-order valence-corrected chi connectivity index (χ4v) is 2.76. The maximum atomic E-state index is 3.66. The number of rotatable bonds is 1. The Morgan fingerprint density at radius 2 is 1.75 bits per heavy atom. The van der Waals surface area contributed by atoms with E-state index in [0.717, 1.165) is 6.42 Å². The zero-order valence-corrected chi connectivity index (χ0v) is 10.4. The van der Waals surface area contributed by atoms with Crippen LogP contribution in [0, 0.1) is 0 Å². The zero-order valence-electron chi connectivity index (χ0n) is 8.78. The Balaban J connectivity index is 2.17. The molecule has 0 fully saturated rings. The van der Waals surface area contributed by atoms with E-state index in [2.05, 4.69) is 64.5 Å². The number of benzene rings is 2. The molecule has 0 nitrogen and oxygen atoms in total. The summed E-state index contributed by atoms with van der Waals surface area (Å²) in [5, 5.41) is 0. The van der Waals surface area contributed by atoms with E-state index in [0.29, 0.717) is 0 Å². The molecule has 1 aliphatic rings. The van der Waals surface area contributed by atoms with Crippen LogP contribution in [0.25, 0.3) is 17.2 Å². The summed E-state index contributed by atoms with van der Waals surface area (Å²) in [6.07, 6.45) is 5.46. The highest BCUT2D eigenvalue weighted by molar-refractivity contribution is 9.10. The fourth-order valence-electron chi connectivity index (χ4n) is 2.12. The summed E-state index contributed by atoms with van der Waals surface area (Å²) in [6, 6.07) is 15.0. The maximum Gasteiger partial charge on any atom is 0.0222 e. The molecule has 0 N–H and O–H groups in total. The van der Waals surface area contributed by atoms with E-state index < -0.39 is 0 Å². The van der Waals surface area contributed by atoms with E-state index in [9.17, 15) is 0 Å². The minimum absolute atomic E-state index is 1.05. The molecule has 0 aromatic heterocycles. The average Bonchev–Trinajstić information content (AvgIpc) is 2.79. The average molecular weight is 271 g/mol. The normalized spacial score (nSPS) is 12.8. The van der Waals surface area contributed by atoms with E-state index in [1.807, 2.05) is 6.07 Å². The zero-order chi connectivity index (χ0) is 11.0. The molecule has 0 radical (unpaired) electrons. The Morgan fingerprint density at radius 1 is 0.938 bits per heavy atom. The minimum atomic E-state index is 1.05. The Labute approximate surface area is 104 Å². The van der Waals surface area contributed by atoms with Crippen LogP contribution >= 0.6 is 15.9 Å². The standard InChI is InChI=1S/C15H11Br/c16-15-10-13(11-5-2-1-3-6-11)9-12-7-4-8-14(12)15/h1-7,9-10H,8H2. The third-order valence-electron chi connectivity index (χ3n) is 2.96. The van der Waals surface area contributed by atoms with Crippen LogP contribution in [-0.2, 0) is 6.42 Å². The van der Waals surface area contributed by atoms with Gasteiger partial charge in [0.25, 0.3) is 0 Å². The van der Waals surface area contributed by atoms with Crippen LogP contribution in [0.15, 0.2) is 53.0 Å². The molecule has 0 saturated carbocycles. The molecule has 3 rings (SSSR count). The topological polar surface area (TPSA) is 0 Å². The first-order valence-corrected chi connectivity index (χ1v) is 6.18. The van der Waals surface area contributed by atoms with Gasteiger partial charge in [0.15, 0.2) is 0 Å². The lowest BCUT2D eigenvalue weighted by Crippen LogP contribution is -1.86. The highest BCUT2D eigenvalue weighted by atomic mass is 79.9. The first-order chi connectivity index (χ1) is 7.84. The third kappa shape index (κ3) is 1.61. The van der Waals surface area contributed by atoms with Gasteiger partial charge in [-0.15, -0.1) is 0 Å². The number of hydrogen-bond donors (Lipinski definition) is 0. The monoisotopic (exact) mass is 270 g/mol. The molecule has 0 aliphatic heterocycles. The smallest absolute Gasteiger partial charge is 0.0222 e. The molecule has 0 saturated heterocycles. The Bertz CT molecular complexity index is 553. The molecule has 78 valence electrons. The first-order valence-electron chi connectivity index (χ1n) is 5.39. The molecule has 0 spiro atoms. The Kier molecular flexibility index (Phi) is 2.41. The number of halogens is 1. The fraction of sp³-hybridized carbons (Fsp3) is 0.0667. The van der Waals surface area contributed by atoms with Crippen LogP contribution < -0.4 is 0 Å². The predicted octanol–water partition coefficient (Wildman–Crippen LogP) is 4.69. The SMILES string of the molecule is Brc1cc(-c2ccccc2)cc2c1CC=C2. The first kappa shape index (κ1) is 9.86. The van der Waals surface area contributed by atoms with Gasteiger partial charge < -0.3 is 0 Å². The second kappa shape index (κ2) is 3.91. The lowest BCUT2D eigenvalue weighted by atomic mass is 10.0. The molecule has 0 amide bonds. The van der Waals surface area contributed by atoms with Gasteiger partial charge in [0.05, 0.1) is 0 Å². The Morgan fingerprint density at radius 3 is 2.56 bits per heavy atom. The van der Waals surface area contributed by atoms with Crippen LogP contribution in [0.4, 0.5) is 0 Å². The summed E-state index contributed by atoms with van der Waals surface area (Å²) in [5.74, 6) is 0. The molecule has 0 unspecified atom stereocenters. The quantitative estimate of drug-likeness (QED) is 0.706. The second-order valence-electron chi connectivity index (χ2n) is 4.00. The molecule has 0 heterocycles. The van der Waals surface area contributed by atoms with Crippen molar-refractivity contribution in [2.75, 3.05) is 0 Å². The van der Waals surface area contributed by atoms with Gasteiger partial charge in [0, 0.05) is 4.47 Å². The lowest BCUT2D eigenvalue weighted by Gasteiger charge is -2.07. The van der Waals surface area contributed by atoms with Crippen LogP contribution in [0.2, 0.25) is 0 Å². The summed E-state index contributed by atoms with van der Waals surface area (Å²) in [4.78, 5) is 0. The minimum Gasteiger partial charge on any atom is -0.0795 e. The number of allylic oxidation sites excluding steroid dienone is 1. The third-order valence-corrected chi connectivity index (χ3v) is 3.66. The van der Waals surface area contributed by atoms with Crippen molar-refractivity contribution in [3.8, 4) is 11.1 Å². The van der Waals surface area contributed by atoms with E-state index in [1.54, 1.807) is 0 Å². The Hall–Kier alpha value is -1.34. The van der Waals surface area contributed by atoms with Gasteiger partial charge in [-0.1, -0.05) is 58.4 Å². The summed E-state index contributed by atoms with van der Waals surface area (Å²) in [7, 11) is 0.